The maximum absolute atomic E-state index is 12.5. The van der Waals surface area contributed by atoms with Crippen LogP contribution in [0.4, 0.5) is 10.5 Å². The molecular weight excluding hydrogens is 474 g/mol. The lowest BCUT2D eigenvalue weighted by Gasteiger charge is -2.27. The second kappa shape index (κ2) is 10.9. The summed E-state index contributed by atoms with van der Waals surface area (Å²) >= 11 is 7.71. The lowest BCUT2D eigenvalue weighted by atomic mass is 9.87. The number of hydrogen-bond acceptors (Lipinski definition) is 5. The largest absolute Gasteiger partial charge is 0.490 e. The average Bonchev–Trinajstić information content (AvgIpc) is 3.27. The highest BCUT2D eigenvalue weighted by atomic mass is 35.5. The van der Waals surface area contributed by atoms with Gasteiger partial charge in [0.25, 0.3) is 0 Å². The molecule has 178 valence electrons. The van der Waals surface area contributed by atoms with Crippen molar-refractivity contribution < 1.29 is 24.2 Å². The number of nitrogens with one attached hydrogen (secondary N) is 1. The van der Waals surface area contributed by atoms with Crippen LogP contribution in [0.1, 0.15) is 44.3 Å². The third-order valence-corrected chi connectivity index (χ3v) is 7.23. The summed E-state index contributed by atoms with van der Waals surface area (Å²) < 4.78 is 11.6. The summed E-state index contributed by atoms with van der Waals surface area (Å²) in [6.45, 7) is 1.78. The van der Waals surface area contributed by atoms with Crippen molar-refractivity contribution in [2.24, 2.45) is 5.92 Å². The minimum atomic E-state index is -0.749. The van der Waals surface area contributed by atoms with Crippen LogP contribution in [0.5, 0.6) is 5.75 Å². The molecule has 1 amide bonds. The van der Waals surface area contributed by atoms with E-state index in [4.69, 9.17) is 21.1 Å². The molecule has 0 aliphatic heterocycles. The van der Waals surface area contributed by atoms with Crippen molar-refractivity contribution in [2.75, 3.05) is 5.32 Å². The van der Waals surface area contributed by atoms with E-state index in [0.717, 1.165) is 28.8 Å². The van der Waals surface area contributed by atoms with Crippen LogP contribution in [0.3, 0.4) is 0 Å². The standard InChI is InChI=1S/C26H26ClNO5S/c1-16(21-7-2-3-8-22(21)27)32-26(31)28-23-13-14-34-24(23)17-9-11-19(12-10-17)33-20-6-4-5-18(15-20)25(29)30/h2-3,7-14,16,18,20H,4-6,15H2,1H3,(H,28,31)(H,29,30)/t16-,18+,20+/m1/s1. The van der Waals surface area contributed by atoms with E-state index in [1.165, 1.54) is 11.3 Å². The molecule has 3 aromatic rings. The number of amides is 1. The zero-order valence-electron chi connectivity index (χ0n) is 18.7. The molecule has 2 N–H and O–H groups in total. The fraction of sp³-hybridized carbons (Fsp3) is 0.308. The van der Waals surface area contributed by atoms with Gasteiger partial charge in [-0.25, -0.2) is 4.79 Å². The summed E-state index contributed by atoms with van der Waals surface area (Å²) in [4.78, 5) is 24.7. The first kappa shape index (κ1) is 24.1. The van der Waals surface area contributed by atoms with Crippen molar-refractivity contribution >= 4 is 40.7 Å². The number of carbonyl (C=O) groups is 2. The Morgan fingerprint density at radius 2 is 1.88 bits per heavy atom. The smallest absolute Gasteiger partial charge is 0.412 e. The molecule has 4 rings (SSSR count). The predicted molar refractivity (Wildman–Crippen MR) is 134 cm³/mol. The monoisotopic (exact) mass is 499 g/mol. The van der Waals surface area contributed by atoms with Crippen molar-refractivity contribution in [3.05, 3.63) is 70.6 Å². The molecule has 8 heteroatoms. The fourth-order valence-corrected chi connectivity index (χ4v) is 5.30. The Morgan fingerprint density at radius 1 is 1.12 bits per heavy atom. The van der Waals surface area contributed by atoms with Crippen molar-refractivity contribution in [1.82, 2.24) is 0 Å². The number of hydrogen-bond donors (Lipinski definition) is 2. The Kier molecular flexibility index (Phi) is 7.75. The van der Waals surface area contributed by atoms with Crippen molar-refractivity contribution in [2.45, 2.75) is 44.8 Å². The van der Waals surface area contributed by atoms with Crippen LogP contribution in [0.25, 0.3) is 10.4 Å². The Morgan fingerprint density at radius 3 is 2.62 bits per heavy atom. The minimum Gasteiger partial charge on any atom is -0.490 e. The first-order chi connectivity index (χ1) is 16.4. The van der Waals surface area contributed by atoms with Crippen molar-refractivity contribution in [1.29, 1.82) is 0 Å². The normalized spacial score (nSPS) is 18.6. The van der Waals surface area contributed by atoms with Crippen molar-refractivity contribution in [3.63, 3.8) is 0 Å². The van der Waals surface area contributed by atoms with E-state index in [-0.39, 0.29) is 12.0 Å². The Balaban J connectivity index is 1.38. The fourth-order valence-electron chi connectivity index (χ4n) is 4.15. The van der Waals surface area contributed by atoms with Crippen LogP contribution in [-0.2, 0) is 9.53 Å². The molecule has 1 aliphatic rings. The summed E-state index contributed by atoms with van der Waals surface area (Å²) in [5, 5.41) is 14.5. The first-order valence-electron chi connectivity index (χ1n) is 11.2. The number of thiophene rings is 1. The highest BCUT2D eigenvalue weighted by Crippen LogP contribution is 2.36. The van der Waals surface area contributed by atoms with Gasteiger partial charge in [-0.05, 0) is 79.9 Å². The maximum Gasteiger partial charge on any atom is 0.412 e. The quantitative estimate of drug-likeness (QED) is 0.353. The zero-order valence-corrected chi connectivity index (χ0v) is 20.3. The Labute approximate surface area is 207 Å². The summed E-state index contributed by atoms with van der Waals surface area (Å²) in [6, 6.07) is 16.7. The molecule has 0 bridgehead atoms. The van der Waals surface area contributed by atoms with E-state index in [0.29, 0.717) is 29.3 Å². The van der Waals surface area contributed by atoms with Crippen LogP contribution in [0.2, 0.25) is 5.02 Å². The number of carboxylic acid groups (broad SMARTS) is 1. The number of halogens is 1. The molecule has 34 heavy (non-hydrogen) atoms. The Bertz CT molecular complexity index is 1150. The van der Waals surface area contributed by atoms with Gasteiger partial charge in [-0.1, -0.05) is 29.8 Å². The number of aliphatic carboxylic acids is 1. The summed E-state index contributed by atoms with van der Waals surface area (Å²) in [5.74, 6) is -0.377. The van der Waals surface area contributed by atoms with Crippen LogP contribution >= 0.6 is 22.9 Å². The van der Waals surface area contributed by atoms with Gasteiger partial charge in [0.1, 0.15) is 11.9 Å². The molecule has 1 aromatic heterocycles. The van der Waals surface area contributed by atoms with Gasteiger partial charge >= 0.3 is 12.1 Å². The predicted octanol–water partition coefficient (Wildman–Crippen LogP) is 7.40. The molecule has 3 atom stereocenters. The van der Waals surface area contributed by atoms with Crippen LogP contribution in [0.15, 0.2) is 60.0 Å². The average molecular weight is 500 g/mol. The highest BCUT2D eigenvalue weighted by Gasteiger charge is 2.28. The Hall–Kier alpha value is -3.03. The molecule has 0 radical (unpaired) electrons. The van der Waals surface area contributed by atoms with E-state index < -0.39 is 18.2 Å². The molecular formula is C26H26ClNO5S. The number of benzene rings is 2. The van der Waals surface area contributed by atoms with E-state index in [2.05, 4.69) is 5.32 Å². The summed E-state index contributed by atoms with van der Waals surface area (Å²) in [7, 11) is 0. The van der Waals surface area contributed by atoms with Gasteiger partial charge in [0, 0.05) is 10.6 Å². The topological polar surface area (TPSA) is 84.9 Å². The molecule has 6 nitrogen and oxygen atoms in total. The molecule has 1 saturated carbocycles. The van der Waals surface area contributed by atoms with Gasteiger partial charge in [-0.3, -0.25) is 10.1 Å². The van der Waals surface area contributed by atoms with Gasteiger partial charge < -0.3 is 14.6 Å². The number of anilines is 1. The molecule has 0 saturated heterocycles. The third kappa shape index (κ3) is 5.90. The number of rotatable bonds is 7. The molecule has 1 fully saturated rings. The molecule has 0 unspecified atom stereocenters. The lowest BCUT2D eigenvalue weighted by Crippen LogP contribution is -2.29. The lowest BCUT2D eigenvalue weighted by molar-refractivity contribution is -0.143. The van der Waals surface area contributed by atoms with E-state index in [9.17, 15) is 14.7 Å². The molecule has 0 spiro atoms. The first-order valence-corrected chi connectivity index (χ1v) is 12.5. The van der Waals surface area contributed by atoms with Crippen LogP contribution < -0.4 is 10.1 Å². The summed E-state index contributed by atoms with van der Waals surface area (Å²) in [5.41, 5.74) is 2.34. The molecule has 1 heterocycles. The summed E-state index contributed by atoms with van der Waals surface area (Å²) in [6.07, 6.45) is 1.82. The van der Waals surface area contributed by atoms with E-state index in [1.54, 1.807) is 13.0 Å². The van der Waals surface area contributed by atoms with Crippen LogP contribution in [-0.4, -0.2) is 23.3 Å². The second-order valence-corrected chi connectivity index (χ2v) is 9.65. The third-order valence-electron chi connectivity index (χ3n) is 5.92. The van der Waals surface area contributed by atoms with Gasteiger partial charge in [0.05, 0.1) is 22.6 Å². The van der Waals surface area contributed by atoms with Gasteiger partial charge in [0.15, 0.2) is 0 Å². The van der Waals surface area contributed by atoms with Crippen molar-refractivity contribution in [3.8, 4) is 16.2 Å². The van der Waals surface area contributed by atoms with E-state index >= 15 is 0 Å². The minimum absolute atomic E-state index is 0.0884. The van der Waals surface area contributed by atoms with Gasteiger partial charge in [0.2, 0.25) is 0 Å². The molecule has 1 aliphatic carbocycles. The number of carboxylic acids is 1. The molecule has 2 aromatic carbocycles. The SMILES string of the molecule is C[C@@H](OC(=O)Nc1ccsc1-c1ccc(O[C@H]2CCC[C@H](C(=O)O)C2)cc1)c1ccccc1Cl. The number of ether oxygens (including phenoxy) is 2. The van der Waals surface area contributed by atoms with Gasteiger partial charge in [-0.2, -0.15) is 0 Å². The highest BCUT2D eigenvalue weighted by molar-refractivity contribution is 7.14. The van der Waals surface area contributed by atoms with Gasteiger partial charge in [-0.15, -0.1) is 11.3 Å². The van der Waals surface area contributed by atoms with Crippen LogP contribution in [0, 0.1) is 5.92 Å². The maximum atomic E-state index is 12.5. The second-order valence-electron chi connectivity index (χ2n) is 8.32. The zero-order chi connectivity index (χ0) is 24.1. The number of carbonyl (C=O) groups excluding carboxylic acids is 1. The van der Waals surface area contributed by atoms with E-state index in [1.807, 2.05) is 53.9 Å².